The van der Waals surface area contributed by atoms with Crippen molar-refractivity contribution in [1.29, 1.82) is 0 Å². The average Bonchev–Trinajstić information content (AvgIpc) is 3.43. The van der Waals surface area contributed by atoms with Gasteiger partial charge in [-0.15, -0.1) is 0 Å². The molecule has 77 heavy (non-hydrogen) atoms. The van der Waals surface area contributed by atoms with Crippen molar-refractivity contribution in [2.75, 3.05) is 13.2 Å². The van der Waals surface area contributed by atoms with Crippen LogP contribution >= 0.6 is 0 Å². The molecule has 2 atom stereocenters. The summed E-state index contributed by atoms with van der Waals surface area (Å²) in [6.07, 6.45) is 83.9. The van der Waals surface area contributed by atoms with Crippen LogP contribution in [0.15, 0.2) is 24.3 Å². The molecule has 0 fully saturated rings. The van der Waals surface area contributed by atoms with Crippen LogP contribution in [0.25, 0.3) is 0 Å². The van der Waals surface area contributed by atoms with Crippen LogP contribution in [-0.4, -0.2) is 47.4 Å². The SMILES string of the molecule is CCCCCCCCC/C=C\CCCCCCCCCC(=O)OCCCCCCCCCCCCCC/C=C\CCCCCCCCCCCCCCCCCCCC(=O)NC(CO)C(O)CCCCCCCCCCC. The smallest absolute Gasteiger partial charge is 0.305 e. The van der Waals surface area contributed by atoms with Gasteiger partial charge in [-0.2, -0.15) is 0 Å². The molecular weight excluding hydrogens is 947 g/mol. The number of carbonyl (C=O) groups excluding carboxylic acids is 2. The largest absolute Gasteiger partial charge is 0.466 e. The number of aliphatic hydroxyl groups excluding tert-OH is 2. The highest BCUT2D eigenvalue weighted by atomic mass is 16.5. The van der Waals surface area contributed by atoms with Gasteiger partial charge in [0.2, 0.25) is 5.91 Å². The molecule has 0 spiro atoms. The van der Waals surface area contributed by atoms with E-state index in [1.807, 2.05) is 0 Å². The van der Waals surface area contributed by atoms with Crippen molar-refractivity contribution in [1.82, 2.24) is 5.32 Å². The minimum atomic E-state index is -0.659. The molecule has 0 saturated heterocycles. The number of unbranched alkanes of at least 4 members (excludes halogenated alkanes) is 51. The summed E-state index contributed by atoms with van der Waals surface area (Å²) in [4.78, 5) is 24.5. The first-order valence-electron chi connectivity index (χ1n) is 35.1. The molecule has 1 amide bonds. The first-order chi connectivity index (χ1) is 38.0. The molecular formula is C71H137NO5. The normalized spacial score (nSPS) is 12.6. The van der Waals surface area contributed by atoms with Crippen LogP contribution < -0.4 is 5.32 Å². The molecule has 3 N–H and O–H groups in total. The Hall–Kier alpha value is -1.66. The molecule has 0 aromatic carbocycles. The summed E-state index contributed by atoms with van der Waals surface area (Å²) >= 11 is 0. The molecule has 0 aromatic rings. The Morgan fingerprint density at radius 2 is 0.610 bits per heavy atom. The number of esters is 1. The molecule has 0 heterocycles. The lowest BCUT2D eigenvalue weighted by atomic mass is 10.0. The van der Waals surface area contributed by atoms with Crippen molar-refractivity contribution in [2.24, 2.45) is 0 Å². The summed E-state index contributed by atoms with van der Waals surface area (Å²) in [5.41, 5.74) is 0. The molecule has 0 bridgehead atoms. The van der Waals surface area contributed by atoms with Crippen molar-refractivity contribution in [3.63, 3.8) is 0 Å². The lowest BCUT2D eigenvalue weighted by Crippen LogP contribution is -2.45. The topological polar surface area (TPSA) is 95.9 Å². The summed E-state index contributed by atoms with van der Waals surface area (Å²) in [7, 11) is 0. The minimum Gasteiger partial charge on any atom is -0.466 e. The van der Waals surface area contributed by atoms with Crippen molar-refractivity contribution in [3.05, 3.63) is 24.3 Å². The fraction of sp³-hybridized carbons (Fsp3) is 0.915. The van der Waals surface area contributed by atoms with E-state index in [0.717, 1.165) is 44.9 Å². The summed E-state index contributed by atoms with van der Waals surface area (Å²) in [5, 5.41) is 23.1. The number of hydrogen-bond donors (Lipinski definition) is 3. The number of aliphatic hydroxyl groups is 2. The zero-order chi connectivity index (χ0) is 55.7. The van der Waals surface area contributed by atoms with Crippen molar-refractivity contribution in [3.8, 4) is 0 Å². The van der Waals surface area contributed by atoms with Crippen molar-refractivity contribution >= 4 is 11.9 Å². The number of amides is 1. The van der Waals surface area contributed by atoms with E-state index in [2.05, 4.69) is 43.5 Å². The van der Waals surface area contributed by atoms with Crippen molar-refractivity contribution in [2.45, 2.75) is 405 Å². The van der Waals surface area contributed by atoms with Gasteiger partial charge in [0.05, 0.1) is 25.4 Å². The molecule has 6 heteroatoms. The Labute approximate surface area is 481 Å². The van der Waals surface area contributed by atoms with Crippen LogP contribution in [0.5, 0.6) is 0 Å². The van der Waals surface area contributed by atoms with E-state index in [-0.39, 0.29) is 18.5 Å². The van der Waals surface area contributed by atoms with Crippen LogP contribution in [0.1, 0.15) is 393 Å². The van der Waals surface area contributed by atoms with Gasteiger partial charge < -0.3 is 20.3 Å². The van der Waals surface area contributed by atoms with Crippen LogP contribution in [0, 0.1) is 0 Å². The van der Waals surface area contributed by atoms with E-state index in [1.54, 1.807) is 0 Å². The van der Waals surface area contributed by atoms with Gasteiger partial charge >= 0.3 is 5.97 Å². The summed E-state index contributed by atoms with van der Waals surface area (Å²) in [6, 6.07) is -0.536. The summed E-state index contributed by atoms with van der Waals surface area (Å²) in [5.74, 6) is -0.0163. The van der Waals surface area contributed by atoms with Crippen molar-refractivity contribution < 1.29 is 24.5 Å². The Balaban J connectivity index is 3.31. The lowest BCUT2D eigenvalue weighted by molar-refractivity contribution is -0.143. The first-order valence-corrected chi connectivity index (χ1v) is 35.1. The number of ether oxygens (including phenoxy) is 1. The van der Waals surface area contributed by atoms with E-state index in [1.165, 1.54) is 315 Å². The fourth-order valence-electron chi connectivity index (χ4n) is 11.1. The first kappa shape index (κ1) is 75.3. The third-order valence-electron chi connectivity index (χ3n) is 16.5. The van der Waals surface area contributed by atoms with E-state index in [0.29, 0.717) is 25.9 Å². The lowest BCUT2D eigenvalue weighted by Gasteiger charge is -2.22. The molecule has 0 saturated carbocycles. The van der Waals surface area contributed by atoms with Gasteiger partial charge in [-0.1, -0.05) is 327 Å². The van der Waals surface area contributed by atoms with Crippen LogP contribution in [0.2, 0.25) is 0 Å². The number of allylic oxidation sites excluding steroid dienone is 4. The van der Waals surface area contributed by atoms with E-state index in [4.69, 9.17) is 4.74 Å². The highest BCUT2D eigenvalue weighted by Crippen LogP contribution is 2.18. The Morgan fingerprint density at radius 3 is 0.922 bits per heavy atom. The van der Waals surface area contributed by atoms with Gasteiger partial charge in [0, 0.05) is 12.8 Å². The van der Waals surface area contributed by atoms with Gasteiger partial charge in [-0.3, -0.25) is 9.59 Å². The molecule has 2 unspecified atom stereocenters. The predicted octanol–water partition coefficient (Wildman–Crippen LogP) is 22.5. The Morgan fingerprint density at radius 1 is 0.351 bits per heavy atom. The average molecular weight is 1080 g/mol. The maximum absolute atomic E-state index is 12.4. The van der Waals surface area contributed by atoms with Gasteiger partial charge in [0.1, 0.15) is 0 Å². The zero-order valence-electron chi connectivity index (χ0n) is 52.2. The zero-order valence-corrected chi connectivity index (χ0v) is 52.2. The quantitative estimate of drug-likeness (QED) is 0.0320. The second kappa shape index (κ2) is 66.8. The molecule has 6 nitrogen and oxygen atoms in total. The van der Waals surface area contributed by atoms with Gasteiger partial charge in [0.15, 0.2) is 0 Å². The summed E-state index contributed by atoms with van der Waals surface area (Å²) in [6.45, 7) is 4.96. The third kappa shape index (κ3) is 63.4. The molecule has 0 rings (SSSR count). The van der Waals surface area contributed by atoms with E-state index < -0.39 is 12.1 Å². The molecule has 0 radical (unpaired) electrons. The monoisotopic (exact) mass is 1080 g/mol. The van der Waals surface area contributed by atoms with Crippen LogP contribution in [-0.2, 0) is 14.3 Å². The molecule has 0 aliphatic heterocycles. The number of rotatable bonds is 66. The second-order valence-electron chi connectivity index (χ2n) is 24.2. The summed E-state index contributed by atoms with van der Waals surface area (Å²) < 4.78 is 5.51. The van der Waals surface area contributed by atoms with Gasteiger partial charge in [-0.25, -0.2) is 0 Å². The van der Waals surface area contributed by atoms with Gasteiger partial charge in [0.25, 0.3) is 0 Å². The Bertz CT molecular complexity index is 1200. The van der Waals surface area contributed by atoms with Gasteiger partial charge in [-0.05, 0) is 77.0 Å². The highest BCUT2D eigenvalue weighted by molar-refractivity contribution is 5.76. The predicted molar refractivity (Wildman–Crippen MR) is 338 cm³/mol. The minimum absolute atomic E-state index is 0.0163. The van der Waals surface area contributed by atoms with E-state index in [9.17, 15) is 19.8 Å². The second-order valence-corrected chi connectivity index (χ2v) is 24.2. The number of hydrogen-bond acceptors (Lipinski definition) is 5. The molecule has 456 valence electrons. The van der Waals surface area contributed by atoms with Crippen LogP contribution in [0.4, 0.5) is 0 Å². The molecule has 0 aliphatic carbocycles. The molecule has 0 aliphatic rings. The standard InChI is InChI=1S/C71H137NO5/c1-3-5-7-9-11-13-14-15-16-17-36-39-42-45-49-53-57-61-65-71(76)77-66-62-58-54-50-46-43-40-37-34-32-30-28-26-24-22-20-18-19-21-23-25-27-29-31-33-35-38-41-44-48-52-56-60-64-70(75)72-68(67-73)69(74)63-59-55-51-47-12-10-8-6-4-2/h16-17,22,24,68-69,73-74H,3-15,18-21,23,25-67H2,1-2H3,(H,72,75)/b17-16-,24-22-. The maximum Gasteiger partial charge on any atom is 0.305 e. The maximum atomic E-state index is 12.4. The highest BCUT2D eigenvalue weighted by Gasteiger charge is 2.20. The number of nitrogens with one attached hydrogen (secondary N) is 1. The third-order valence-corrected chi connectivity index (χ3v) is 16.5. The molecule has 0 aromatic heterocycles. The Kier molecular flexibility index (Phi) is 65.4. The fourth-order valence-corrected chi connectivity index (χ4v) is 11.1. The number of carbonyl (C=O) groups is 2. The van der Waals surface area contributed by atoms with Crippen LogP contribution in [0.3, 0.4) is 0 Å². The van der Waals surface area contributed by atoms with E-state index >= 15 is 0 Å².